The Morgan fingerprint density at radius 2 is 1.69 bits per heavy atom. The van der Waals surface area contributed by atoms with Gasteiger partial charge in [-0.05, 0) is 42.5 Å². The molecular formula is C22H25N3O5S2. The van der Waals surface area contributed by atoms with Crippen LogP contribution in [0.5, 0.6) is 11.5 Å². The number of nitrogens with one attached hydrogen (secondary N) is 1. The molecule has 10 heteroatoms. The second kappa shape index (κ2) is 10.1. The summed E-state index contributed by atoms with van der Waals surface area (Å²) in [6.07, 6.45) is 0. The molecule has 0 atom stereocenters. The Morgan fingerprint density at radius 1 is 1.03 bits per heavy atom. The zero-order valence-corrected chi connectivity index (χ0v) is 19.9. The Balaban J connectivity index is 1.74. The number of sulfonamides is 1. The van der Waals surface area contributed by atoms with E-state index in [0.717, 1.165) is 5.56 Å². The maximum absolute atomic E-state index is 12.6. The molecule has 0 fully saturated rings. The van der Waals surface area contributed by atoms with Gasteiger partial charge in [-0.25, -0.2) is 13.4 Å². The lowest BCUT2D eigenvalue weighted by atomic mass is 10.1. The second-order valence-corrected chi connectivity index (χ2v) is 9.47. The Labute approximate surface area is 191 Å². The summed E-state index contributed by atoms with van der Waals surface area (Å²) < 4.78 is 37.1. The first-order valence-electron chi connectivity index (χ1n) is 9.93. The third-order valence-corrected chi connectivity index (χ3v) is 7.69. The standard InChI is InChI=1S/C22H25N3O5S2/c1-5-25(6-2)32(27,28)17-10-7-15(8-11-17)21(26)24-22-23-18(14-31-22)16-9-12-19(29-3)20(13-16)30-4/h7-14H,5-6H2,1-4H3,(H,23,24,26). The topological polar surface area (TPSA) is 97.8 Å². The number of hydrogen-bond donors (Lipinski definition) is 1. The van der Waals surface area contributed by atoms with Gasteiger partial charge in [-0.3, -0.25) is 10.1 Å². The maximum Gasteiger partial charge on any atom is 0.257 e. The zero-order chi connectivity index (χ0) is 23.3. The minimum absolute atomic E-state index is 0.155. The molecule has 1 aromatic heterocycles. The van der Waals surface area contributed by atoms with Crippen LogP contribution >= 0.6 is 11.3 Å². The lowest BCUT2D eigenvalue weighted by molar-refractivity contribution is 0.102. The third kappa shape index (κ3) is 4.93. The van der Waals surface area contributed by atoms with Crippen molar-refractivity contribution in [1.82, 2.24) is 9.29 Å². The minimum Gasteiger partial charge on any atom is -0.493 e. The van der Waals surface area contributed by atoms with Gasteiger partial charge in [0.15, 0.2) is 16.6 Å². The smallest absolute Gasteiger partial charge is 0.257 e. The van der Waals surface area contributed by atoms with Crippen LogP contribution in [0.15, 0.2) is 52.7 Å². The number of benzene rings is 2. The number of thiazole rings is 1. The van der Waals surface area contributed by atoms with Gasteiger partial charge in [-0.2, -0.15) is 4.31 Å². The van der Waals surface area contributed by atoms with Crippen molar-refractivity contribution in [3.63, 3.8) is 0 Å². The van der Waals surface area contributed by atoms with Gasteiger partial charge in [-0.1, -0.05) is 13.8 Å². The molecule has 32 heavy (non-hydrogen) atoms. The molecule has 0 unspecified atom stereocenters. The molecular weight excluding hydrogens is 450 g/mol. The van der Waals surface area contributed by atoms with Gasteiger partial charge in [0.1, 0.15) is 0 Å². The molecule has 0 aliphatic rings. The number of rotatable bonds is 9. The van der Waals surface area contributed by atoms with Crippen molar-refractivity contribution in [3.05, 3.63) is 53.4 Å². The van der Waals surface area contributed by atoms with Gasteiger partial charge >= 0.3 is 0 Å². The fourth-order valence-electron chi connectivity index (χ4n) is 3.12. The van der Waals surface area contributed by atoms with E-state index in [4.69, 9.17) is 9.47 Å². The summed E-state index contributed by atoms with van der Waals surface area (Å²) in [6, 6.07) is 11.3. The summed E-state index contributed by atoms with van der Waals surface area (Å²) in [4.78, 5) is 17.2. The van der Waals surface area contributed by atoms with Crippen molar-refractivity contribution < 1.29 is 22.7 Å². The summed E-state index contributed by atoms with van der Waals surface area (Å²) in [7, 11) is -0.437. The first-order chi connectivity index (χ1) is 15.3. The van der Waals surface area contributed by atoms with Gasteiger partial charge in [0, 0.05) is 29.6 Å². The van der Waals surface area contributed by atoms with Crippen molar-refractivity contribution in [3.8, 4) is 22.8 Å². The van der Waals surface area contributed by atoms with Gasteiger partial charge in [-0.15, -0.1) is 11.3 Å². The lowest BCUT2D eigenvalue weighted by Gasteiger charge is -2.18. The molecule has 0 bridgehead atoms. The zero-order valence-electron chi connectivity index (χ0n) is 18.3. The van der Waals surface area contributed by atoms with Crippen LogP contribution in [0.1, 0.15) is 24.2 Å². The largest absolute Gasteiger partial charge is 0.493 e. The van der Waals surface area contributed by atoms with Crippen LogP contribution < -0.4 is 14.8 Å². The highest BCUT2D eigenvalue weighted by molar-refractivity contribution is 7.89. The van der Waals surface area contributed by atoms with E-state index in [1.807, 2.05) is 17.5 Å². The van der Waals surface area contributed by atoms with Crippen LogP contribution in [0, 0.1) is 0 Å². The first kappa shape index (κ1) is 23.7. The van der Waals surface area contributed by atoms with Crippen molar-refractivity contribution in [2.45, 2.75) is 18.7 Å². The average Bonchev–Trinajstić information content (AvgIpc) is 3.27. The van der Waals surface area contributed by atoms with Gasteiger partial charge in [0.2, 0.25) is 10.0 Å². The molecule has 1 amide bonds. The first-order valence-corrected chi connectivity index (χ1v) is 12.3. The molecule has 3 aromatic rings. The molecule has 3 rings (SSSR count). The molecule has 2 aromatic carbocycles. The number of aromatic nitrogens is 1. The number of carbonyl (C=O) groups is 1. The van der Waals surface area contributed by atoms with Crippen LogP contribution in [0.2, 0.25) is 0 Å². The van der Waals surface area contributed by atoms with Gasteiger partial charge in [0.05, 0.1) is 24.8 Å². The van der Waals surface area contributed by atoms with Crippen molar-refractivity contribution in [1.29, 1.82) is 0 Å². The molecule has 0 spiro atoms. The minimum atomic E-state index is -3.57. The number of amides is 1. The fourth-order valence-corrected chi connectivity index (χ4v) is 5.29. The van der Waals surface area contributed by atoms with E-state index in [9.17, 15) is 13.2 Å². The summed E-state index contributed by atoms with van der Waals surface area (Å²) >= 11 is 1.29. The van der Waals surface area contributed by atoms with Crippen molar-refractivity contribution >= 4 is 32.4 Å². The Bertz CT molecular complexity index is 1190. The highest BCUT2D eigenvalue weighted by Crippen LogP contribution is 2.33. The third-order valence-electron chi connectivity index (χ3n) is 4.86. The number of anilines is 1. The number of methoxy groups -OCH3 is 2. The number of hydrogen-bond acceptors (Lipinski definition) is 7. The average molecular weight is 476 g/mol. The summed E-state index contributed by atoms with van der Waals surface area (Å²) in [6.45, 7) is 4.33. The normalized spacial score (nSPS) is 11.4. The number of carbonyl (C=O) groups excluding carboxylic acids is 1. The quantitative estimate of drug-likeness (QED) is 0.500. The highest BCUT2D eigenvalue weighted by atomic mass is 32.2. The summed E-state index contributed by atoms with van der Waals surface area (Å²) in [5.74, 6) is 0.833. The fraction of sp³-hybridized carbons (Fsp3) is 0.273. The molecule has 8 nitrogen and oxygen atoms in total. The van der Waals surface area contributed by atoms with E-state index in [1.54, 1.807) is 34.1 Å². The van der Waals surface area contributed by atoms with E-state index < -0.39 is 10.0 Å². The Kier molecular flexibility index (Phi) is 7.49. The molecule has 0 saturated carbocycles. The van der Waals surface area contributed by atoms with Crippen LogP contribution in [0.25, 0.3) is 11.3 Å². The molecule has 0 radical (unpaired) electrons. The van der Waals surface area contributed by atoms with Crippen LogP contribution in [0.4, 0.5) is 5.13 Å². The van der Waals surface area contributed by atoms with E-state index in [0.29, 0.717) is 41.0 Å². The highest BCUT2D eigenvalue weighted by Gasteiger charge is 2.22. The van der Waals surface area contributed by atoms with Crippen molar-refractivity contribution in [2.24, 2.45) is 0 Å². The SMILES string of the molecule is CCN(CC)S(=O)(=O)c1ccc(C(=O)Nc2nc(-c3ccc(OC)c(OC)c3)cs2)cc1. The predicted octanol–water partition coefficient (Wildman–Crippen LogP) is 4.11. The molecule has 170 valence electrons. The molecule has 0 aliphatic carbocycles. The van der Waals surface area contributed by atoms with Crippen LogP contribution in [0.3, 0.4) is 0 Å². The molecule has 0 saturated heterocycles. The van der Waals surface area contributed by atoms with Crippen molar-refractivity contribution in [2.75, 3.05) is 32.6 Å². The number of nitrogens with zero attached hydrogens (tertiary/aromatic N) is 2. The summed E-state index contributed by atoms with van der Waals surface area (Å²) in [5, 5.41) is 5.02. The maximum atomic E-state index is 12.6. The Hall–Kier alpha value is -2.95. The monoisotopic (exact) mass is 475 g/mol. The lowest BCUT2D eigenvalue weighted by Crippen LogP contribution is -2.30. The Morgan fingerprint density at radius 3 is 2.28 bits per heavy atom. The molecule has 0 aliphatic heterocycles. The predicted molar refractivity (Wildman–Crippen MR) is 125 cm³/mol. The van der Waals surface area contributed by atoms with E-state index in [2.05, 4.69) is 10.3 Å². The van der Waals surface area contributed by atoms with Gasteiger partial charge in [0.25, 0.3) is 5.91 Å². The number of ether oxygens (including phenoxy) is 2. The van der Waals surface area contributed by atoms with Crippen LogP contribution in [-0.4, -0.2) is 50.9 Å². The van der Waals surface area contributed by atoms with E-state index in [1.165, 1.54) is 39.9 Å². The second-order valence-electron chi connectivity index (χ2n) is 6.68. The van der Waals surface area contributed by atoms with Gasteiger partial charge < -0.3 is 9.47 Å². The molecule has 1 N–H and O–H groups in total. The van der Waals surface area contributed by atoms with E-state index in [-0.39, 0.29) is 10.8 Å². The van der Waals surface area contributed by atoms with Crippen LogP contribution in [-0.2, 0) is 10.0 Å². The van der Waals surface area contributed by atoms with E-state index >= 15 is 0 Å². The summed E-state index contributed by atoms with van der Waals surface area (Å²) in [5.41, 5.74) is 1.85. The molecule has 1 heterocycles.